The zero-order valence-electron chi connectivity index (χ0n) is 10.8. The molecule has 1 aromatic heterocycles. The second kappa shape index (κ2) is 6.17. The number of nitrogens with one attached hydrogen (secondary N) is 1. The molecule has 2 aromatic rings. The quantitative estimate of drug-likeness (QED) is 0.875. The van der Waals surface area contributed by atoms with Gasteiger partial charge in [0, 0.05) is 17.5 Å². The summed E-state index contributed by atoms with van der Waals surface area (Å²) in [6.45, 7) is 3.71. The van der Waals surface area contributed by atoms with Crippen molar-refractivity contribution in [2.75, 3.05) is 5.32 Å². The number of hydrogen-bond acceptors (Lipinski definition) is 3. The van der Waals surface area contributed by atoms with Crippen LogP contribution < -0.4 is 5.32 Å². The molecular weight excluding hydrogens is 280 g/mol. The Morgan fingerprint density at radius 2 is 2.32 bits per heavy atom. The van der Waals surface area contributed by atoms with E-state index in [4.69, 9.17) is 11.6 Å². The molecule has 0 bridgehead atoms. The third-order valence-electron chi connectivity index (χ3n) is 2.61. The second-order valence-corrected chi connectivity index (χ2v) is 6.17. The molecule has 0 radical (unpaired) electrons. The number of nitrogens with zero attached hydrogens (tertiary/aromatic N) is 1. The zero-order valence-corrected chi connectivity index (χ0v) is 12.4. The van der Waals surface area contributed by atoms with Gasteiger partial charge in [-0.3, -0.25) is 4.79 Å². The predicted octanol–water partition coefficient (Wildman–Crippen LogP) is 3.61. The lowest BCUT2D eigenvalue weighted by molar-refractivity contribution is -0.115. The first-order chi connectivity index (χ1) is 9.04. The van der Waals surface area contributed by atoms with E-state index in [0.717, 1.165) is 11.3 Å². The predicted molar refractivity (Wildman–Crippen MR) is 80.0 cm³/mol. The highest BCUT2D eigenvalue weighted by Gasteiger charge is 2.11. The van der Waals surface area contributed by atoms with E-state index in [-0.39, 0.29) is 5.91 Å². The minimum atomic E-state index is -0.552. The summed E-state index contributed by atoms with van der Waals surface area (Å²) < 4.78 is 0. The summed E-state index contributed by atoms with van der Waals surface area (Å²) in [5.74, 6) is -0.224. The lowest BCUT2D eigenvalue weighted by Crippen LogP contribution is -2.19. The first kappa shape index (κ1) is 14.0. The minimum Gasteiger partial charge on any atom is -0.301 e. The van der Waals surface area contributed by atoms with Crippen molar-refractivity contribution < 1.29 is 4.79 Å². The monoisotopic (exact) mass is 294 g/mol. The van der Waals surface area contributed by atoms with Crippen LogP contribution in [0.15, 0.2) is 30.5 Å². The number of aromatic nitrogens is 1. The summed E-state index contributed by atoms with van der Waals surface area (Å²) in [4.78, 5) is 16.7. The molecular formula is C14H15ClN2OS. The van der Waals surface area contributed by atoms with Crippen LogP contribution in [0.5, 0.6) is 0 Å². The lowest BCUT2D eigenvalue weighted by Gasteiger charge is -2.02. The van der Waals surface area contributed by atoms with E-state index in [1.807, 2.05) is 6.07 Å². The van der Waals surface area contributed by atoms with E-state index in [2.05, 4.69) is 35.4 Å². The summed E-state index contributed by atoms with van der Waals surface area (Å²) in [6.07, 6.45) is 2.62. The van der Waals surface area contributed by atoms with Gasteiger partial charge in [0.25, 0.3) is 0 Å². The van der Waals surface area contributed by atoms with Crippen molar-refractivity contribution in [2.45, 2.75) is 25.6 Å². The zero-order chi connectivity index (χ0) is 13.8. The van der Waals surface area contributed by atoms with Crippen LogP contribution in [0.1, 0.15) is 22.9 Å². The van der Waals surface area contributed by atoms with Gasteiger partial charge in [-0.1, -0.05) is 29.8 Å². The van der Waals surface area contributed by atoms with Gasteiger partial charge in [0.05, 0.1) is 0 Å². The highest BCUT2D eigenvalue weighted by molar-refractivity contribution is 7.15. The summed E-state index contributed by atoms with van der Waals surface area (Å²) in [7, 11) is 0. The molecule has 1 atom stereocenters. The molecule has 1 aromatic carbocycles. The highest BCUT2D eigenvalue weighted by Crippen LogP contribution is 2.21. The molecule has 0 aliphatic carbocycles. The highest BCUT2D eigenvalue weighted by atomic mass is 35.5. The molecule has 5 heteroatoms. The Morgan fingerprint density at radius 3 is 3.00 bits per heavy atom. The first-order valence-electron chi connectivity index (χ1n) is 6.00. The number of anilines is 1. The standard InChI is InChI=1S/C14H15ClN2OS/c1-9-4-3-5-11(6-9)7-12-8-16-14(19-12)17-13(18)10(2)15/h3-6,8,10H,7H2,1-2H3,(H,16,17,18)/t10-/m1/s1. The van der Waals surface area contributed by atoms with Gasteiger partial charge >= 0.3 is 0 Å². The van der Waals surface area contributed by atoms with E-state index < -0.39 is 5.38 Å². The van der Waals surface area contributed by atoms with Crippen LogP contribution in [0.3, 0.4) is 0 Å². The number of benzene rings is 1. The number of hydrogen-bond donors (Lipinski definition) is 1. The number of thiazole rings is 1. The van der Waals surface area contributed by atoms with Gasteiger partial charge in [0.2, 0.25) is 5.91 Å². The van der Waals surface area contributed by atoms with Crippen LogP contribution in [-0.4, -0.2) is 16.3 Å². The average Bonchev–Trinajstić information content (AvgIpc) is 2.76. The van der Waals surface area contributed by atoms with Crippen molar-refractivity contribution in [3.05, 3.63) is 46.5 Å². The average molecular weight is 295 g/mol. The van der Waals surface area contributed by atoms with Crippen molar-refractivity contribution in [2.24, 2.45) is 0 Å². The second-order valence-electron chi connectivity index (χ2n) is 4.40. The molecule has 0 saturated carbocycles. The van der Waals surface area contributed by atoms with Crippen LogP contribution in [0.4, 0.5) is 5.13 Å². The fourth-order valence-corrected chi connectivity index (χ4v) is 2.58. The first-order valence-corrected chi connectivity index (χ1v) is 7.25. The van der Waals surface area contributed by atoms with Crippen molar-refractivity contribution in [3.63, 3.8) is 0 Å². The Labute approximate surface area is 121 Å². The molecule has 0 fully saturated rings. The number of alkyl halides is 1. The topological polar surface area (TPSA) is 42.0 Å². The van der Waals surface area contributed by atoms with Crippen LogP contribution >= 0.6 is 22.9 Å². The summed E-state index contributed by atoms with van der Waals surface area (Å²) in [5, 5.41) is 2.74. The molecule has 0 unspecified atom stereocenters. The van der Waals surface area contributed by atoms with Gasteiger partial charge in [0.1, 0.15) is 5.38 Å². The van der Waals surface area contributed by atoms with Crippen LogP contribution in [0.2, 0.25) is 0 Å². The molecule has 2 rings (SSSR count). The molecule has 3 nitrogen and oxygen atoms in total. The number of aryl methyl sites for hydroxylation is 1. The maximum absolute atomic E-state index is 11.4. The maximum Gasteiger partial charge on any atom is 0.243 e. The van der Waals surface area contributed by atoms with Gasteiger partial charge in [-0.2, -0.15) is 0 Å². The molecule has 0 saturated heterocycles. The SMILES string of the molecule is Cc1cccc(Cc2cnc(NC(=O)[C@@H](C)Cl)s2)c1. The van der Waals surface area contributed by atoms with Gasteiger partial charge in [-0.15, -0.1) is 22.9 Å². The third-order valence-corrected chi connectivity index (χ3v) is 3.72. The van der Waals surface area contributed by atoms with Crippen LogP contribution in [0, 0.1) is 6.92 Å². The van der Waals surface area contributed by atoms with E-state index in [9.17, 15) is 4.79 Å². The molecule has 0 spiro atoms. The van der Waals surface area contributed by atoms with Crippen molar-refractivity contribution in [3.8, 4) is 0 Å². The van der Waals surface area contributed by atoms with Crippen LogP contribution in [-0.2, 0) is 11.2 Å². The summed E-state index contributed by atoms with van der Waals surface area (Å²) in [5.41, 5.74) is 2.48. The molecule has 0 aliphatic heterocycles. The van der Waals surface area contributed by atoms with Gasteiger partial charge in [0.15, 0.2) is 5.13 Å². The Hall–Kier alpha value is -1.39. The van der Waals surface area contributed by atoms with E-state index in [0.29, 0.717) is 5.13 Å². The van der Waals surface area contributed by atoms with Gasteiger partial charge in [-0.05, 0) is 19.4 Å². The Bertz CT molecular complexity index is 580. The number of amides is 1. The third kappa shape index (κ3) is 4.04. The molecule has 1 heterocycles. The van der Waals surface area contributed by atoms with Crippen LogP contribution in [0.25, 0.3) is 0 Å². The normalized spacial score (nSPS) is 12.2. The van der Waals surface area contributed by atoms with Crippen molar-refractivity contribution in [1.29, 1.82) is 0 Å². The summed E-state index contributed by atoms with van der Waals surface area (Å²) in [6, 6.07) is 8.36. The van der Waals surface area contributed by atoms with Crippen molar-refractivity contribution >= 4 is 34.0 Å². The molecule has 100 valence electrons. The fraction of sp³-hybridized carbons (Fsp3) is 0.286. The maximum atomic E-state index is 11.4. The molecule has 1 N–H and O–H groups in total. The molecule has 19 heavy (non-hydrogen) atoms. The van der Waals surface area contributed by atoms with E-state index in [1.165, 1.54) is 22.5 Å². The number of rotatable bonds is 4. The molecule has 1 amide bonds. The fourth-order valence-electron chi connectivity index (χ4n) is 1.68. The Balaban J connectivity index is 2.03. The summed E-state index contributed by atoms with van der Waals surface area (Å²) >= 11 is 7.17. The lowest BCUT2D eigenvalue weighted by atomic mass is 10.1. The van der Waals surface area contributed by atoms with E-state index in [1.54, 1.807) is 13.1 Å². The minimum absolute atomic E-state index is 0.224. The Kier molecular flexibility index (Phi) is 4.56. The number of halogens is 1. The van der Waals surface area contributed by atoms with E-state index >= 15 is 0 Å². The smallest absolute Gasteiger partial charge is 0.243 e. The van der Waals surface area contributed by atoms with Gasteiger partial charge < -0.3 is 5.32 Å². The van der Waals surface area contributed by atoms with Gasteiger partial charge in [-0.25, -0.2) is 4.98 Å². The number of carbonyl (C=O) groups excluding carboxylic acids is 1. The Morgan fingerprint density at radius 1 is 1.53 bits per heavy atom. The number of carbonyl (C=O) groups is 1. The largest absolute Gasteiger partial charge is 0.301 e. The molecule has 0 aliphatic rings. The van der Waals surface area contributed by atoms with Crippen molar-refractivity contribution in [1.82, 2.24) is 4.98 Å².